The topological polar surface area (TPSA) is 58.6 Å². The Hall–Kier alpha value is -2.15. The lowest BCUT2D eigenvalue weighted by molar-refractivity contribution is -0.131. The zero-order chi connectivity index (χ0) is 20.3. The average molecular weight is 447 g/mol. The van der Waals surface area contributed by atoms with E-state index in [9.17, 15) is 4.79 Å². The van der Waals surface area contributed by atoms with Gasteiger partial charge in [-0.15, -0.1) is 0 Å². The fourth-order valence-corrected chi connectivity index (χ4v) is 4.13. The lowest BCUT2D eigenvalue weighted by Gasteiger charge is -2.37. The van der Waals surface area contributed by atoms with Crippen molar-refractivity contribution >= 4 is 27.7 Å². The van der Waals surface area contributed by atoms with E-state index in [0.29, 0.717) is 6.42 Å². The molecule has 1 aromatic heterocycles. The second kappa shape index (κ2) is 8.90. The molecule has 1 amide bonds. The summed E-state index contributed by atoms with van der Waals surface area (Å²) in [6.07, 6.45) is 2.20. The molecule has 1 aromatic carbocycles. The van der Waals surface area contributed by atoms with Gasteiger partial charge in [-0.2, -0.15) is 0 Å². The summed E-state index contributed by atoms with van der Waals surface area (Å²) in [5.41, 5.74) is 1.89. The molecule has 150 valence electrons. The smallest absolute Gasteiger partial charge is 0.227 e. The van der Waals surface area contributed by atoms with Crippen LogP contribution in [0.3, 0.4) is 0 Å². The number of rotatable bonds is 5. The fraction of sp³-hybridized carbons (Fsp3) is 0.476. The molecule has 1 aliphatic rings. The van der Waals surface area contributed by atoms with Gasteiger partial charge in [0.05, 0.1) is 13.5 Å². The van der Waals surface area contributed by atoms with E-state index >= 15 is 0 Å². The summed E-state index contributed by atoms with van der Waals surface area (Å²) in [5.74, 6) is 2.64. The van der Waals surface area contributed by atoms with Crippen molar-refractivity contribution in [3.63, 3.8) is 0 Å². The number of amides is 1. The van der Waals surface area contributed by atoms with E-state index < -0.39 is 0 Å². The molecule has 0 spiro atoms. The summed E-state index contributed by atoms with van der Waals surface area (Å²) in [7, 11) is 3.54. The van der Waals surface area contributed by atoms with Gasteiger partial charge in [0.15, 0.2) is 0 Å². The first kappa shape index (κ1) is 20.6. The Morgan fingerprint density at radius 3 is 2.61 bits per heavy atom. The average Bonchev–Trinajstić information content (AvgIpc) is 2.67. The maximum Gasteiger partial charge on any atom is 0.227 e. The van der Waals surface area contributed by atoms with E-state index in [0.717, 1.165) is 59.1 Å². The quantitative estimate of drug-likeness (QED) is 0.702. The first-order chi connectivity index (χ1) is 13.4. The van der Waals surface area contributed by atoms with Crippen LogP contribution in [0.2, 0.25) is 0 Å². The number of carbonyl (C=O) groups excluding carboxylic acids is 1. The minimum absolute atomic E-state index is 0.114. The van der Waals surface area contributed by atoms with Crippen LogP contribution in [-0.4, -0.2) is 54.1 Å². The van der Waals surface area contributed by atoms with Gasteiger partial charge < -0.3 is 14.5 Å². The van der Waals surface area contributed by atoms with Gasteiger partial charge in [-0.1, -0.05) is 15.9 Å². The maximum atomic E-state index is 12.9. The standard InChI is InChI=1S/C21H27BrN4O2/c1-14-11-20(24-15(2)23-14)26-9-7-18(8-10-26)25(3)21(27)13-16-12-17(22)5-6-19(16)28-4/h5-6,11-12,18H,7-10,13H2,1-4H3. The SMILES string of the molecule is COc1ccc(Br)cc1CC(=O)N(C)C1CCN(c2cc(C)nc(C)n2)CC1. The van der Waals surface area contributed by atoms with Crippen LogP contribution in [0.15, 0.2) is 28.7 Å². The number of methoxy groups -OCH3 is 1. The molecule has 2 aromatic rings. The maximum absolute atomic E-state index is 12.9. The van der Waals surface area contributed by atoms with Gasteiger partial charge in [0.25, 0.3) is 0 Å². The van der Waals surface area contributed by atoms with Gasteiger partial charge >= 0.3 is 0 Å². The molecule has 0 N–H and O–H groups in total. The number of likely N-dealkylation sites (N-methyl/N-ethyl adjacent to an activating group) is 1. The molecule has 0 unspecified atom stereocenters. The van der Waals surface area contributed by atoms with Gasteiger partial charge in [-0.25, -0.2) is 9.97 Å². The second-order valence-electron chi connectivity index (χ2n) is 7.27. The number of hydrogen-bond acceptors (Lipinski definition) is 5. The third-order valence-corrected chi connectivity index (χ3v) is 5.76. The molecule has 28 heavy (non-hydrogen) atoms. The Kier molecular flexibility index (Phi) is 6.54. The highest BCUT2D eigenvalue weighted by atomic mass is 79.9. The van der Waals surface area contributed by atoms with Crippen molar-refractivity contribution in [1.29, 1.82) is 0 Å². The number of halogens is 1. The van der Waals surface area contributed by atoms with Gasteiger partial charge in [0, 0.05) is 48.0 Å². The van der Waals surface area contributed by atoms with E-state index in [1.165, 1.54) is 0 Å². The number of nitrogens with zero attached hydrogens (tertiary/aromatic N) is 4. The molecular weight excluding hydrogens is 420 g/mol. The molecule has 1 saturated heterocycles. The first-order valence-electron chi connectivity index (χ1n) is 9.52. The minimum atomic E-state index is 0.114. The lowest BCUT2D eigenvalue weighted by atomic mass is 10.0. The third kappa shape index (κ3) is 4.82. The van der Waals surface area contributed by atoms with Crippen LogP contribution in [-0.2, 0) is 11.2 Å². The highest BCUT2D eigenvalue weighted by Crippen LogP contribution is 2.25. The number of carbonyl (C=O) groups is 1. The molecule has 1 aliphatic heterocycles. The Labute approximate surface area is 175 Å². The Morgan fingerprint density at radius 2 is 1.96 bits per heavy atom. The predicted octanol–water partition coefficient (Wildman–Crippen LogP) is 3.53. The Balaban J connectivity index is 1.61. The number of aryl methyl sites for hydroxylation is 2. The second-order valence-corrected chi connectivity index (χ2v) is 8.19. The van der Waals surface area contributed by atoms with Gasteiger partial charge in [0.1, 0.15) is 17.4 Å². The van der Waals surface area contributed by atoms with Crippen molar-refractivity contribution in [2.75, 3.05) is 32.1 Å². The van der Waals surface area contributed by atoms with Crippen LogP contribution in [0.4, 0.5) is 5.82 Å². The minimum Gasteiger partial charge on any atom is -0.496 e. The Bertz CT molecular complexity index is 830. The molecule has 0 bridgehead atoms. The van der Waals surface area contributed by atoms with Crippen molar-refractivity contribution in [1.82, 2.24) is 14.9 Å². The summed E-state index contributed by atoms with van der Waals surface area (Å²) >= 11 is 3.47. The summed E-state index contributed by atoms with van der Waals surface area (Å²) in [4.78, 5) is 25.9. The summed E-state index contributed by atoms with van der Waals surface area (Å²) in [6, 6.07) is 8.03. The Morgan fingerprint density at radius 1 is 1.25 bits per heavy atom. The molecule has 0 atom stereocenters. The molecule has 3 rings (SSSR count). The number of ether oxygens (including phenoxy) is 1. The van der Waals surface area contributed by atoms with Crippen molar-refractivity contribution < 1.29 is 9.53 Å². The number of hydrogen-bond donors (Lipinski definition) is 0. The molecule has 2 heterocycles. The van der Waals surface area contributed by atoms with E-state index in [2.05, 4.69) is 30.8 Å². The lowest BCUT2D eigenvalue weighted by Crippen LogP contribution is -2.46. The molecule has 0 saturated carbocycles. The van der Waals surface area contributed by atoms with Crippen molar-refractivity contribution in [3.8, 4) is 5.75 Å². The van der Waals surface area contributed by atoms with Crippen LogP contribution in [0.5, 0.6) is 5.75 Å². The highest BCUT2D eigenvalue weighted by Gasteiger charge is 2.26. The highest BCUT2D eigenvalue weighted by molar-refractivity contribution is 9.10. The normalized spacial score (nSPS) is 14.8. The largest absolute Gasteiger partial charge is 0.496 e. The van der Waals surface area contributed by atoms with Crippen molar-refractivity contribution in [2.24, 2.45) is 0 Å². The van der Waals surface area contributed by atoms with E-state index in [-0.39, 0.29) is 11.9 Å². The van der Waals surface area contributed by atoms with Crippen LogP contribution in [0.1, 0.15) is 29.9 Å². The zero-order valence-electron chi connectivity index (χ0n) is 16.9. The van der Waals surface area contributed by atoms with Crippen LogP contribution < -0.4 is 9.64 Å². The van der Waals surface area contributed by atoms with E-state index in [1.54, 1.807) is 7.11 Å². The van der Waals surface area contributed by atoms with Crippen molar-refractivity contribution in [2.45, 2.75) is 39.2 Å². The molecule has 0 aliphatic carbocycles. The summed E-state index contributed by atoms with van der Waals surface area (Å²) in [5, 5.41) is 0. The van der Waals surface area contributed by atoms with E-state index in [4.69, 9.17) is 4.74 Å². The van der Waals surface area contributed by atoms with Gasteiger partial charge in [-0.3, -0.25) is 4.79 Å². The molecule has 6 nitrogen and oxygen atoms in total. The zero-order valence-corrected chi connectivity index (χ0v) is 18.5. The first-order valence-corrected chi connectivity index (χ1v) is 10.3. The number of anilines is 1. The molecular formula is C21H27BrN4O2. The predicted molar refractivity (Wildman–Crippen MR) is 114 cm³/mol. The summed E-state index contributed by atoms with van der Waals surface area (Å²) < 4.78 is 6.35. The van der Waals surface area contributed by atoms with Crippen LogP contribution in [0, 0.1) is 13.8 Å². The van der Waals surface area contributed by atoms with Crippen LogP contribution in [0.25, 0.3) is 0 Å². The third-order valence-electron chi connectivity index (χ3n) is 5.27. The van der Waals surface area contributed by atoms with Gasteiger partial charge in [0.2, 0.25) is 5.91 Å². The number of piperidine rings is 1. The monoisotopic (exact) mass is 446 g/mol. The fourth-order valence-electron chi connectivity index (χ4n) is 3.72. The summed E-state index contributed by atoms with van der Waals surface area (Å²) in [6.45, 7) is 5.69. The number of benzene rings is 1. The van der Waals surface area contributed by atoms with Gasteiger partial charge in [-0.05, 0) is 44.9 Å². The van der Waals surface area contributed by atoms with Crippen molar-refractivity contribution in [3.05, 3.63) is 45.8 Å². The molecule has 0 radical (unpaired) electrons. The van der Waals surface area contributed by atoms with Crippen LogP contribution >= 0.6 is 15.9 Å². The molecule has 7 heteroatoms. The van der Waals surface area contributed by atoms with E-state index in [1.807, 2.05) is 50.1 Å². The molecule has 1 fully saturated rings. The number of aromatic nitrogens is 2.